The predicted octanol–water partition coefficient (Wildman–Crippen LogP) is 2.81. The first-order chi connectivity index (χ1) is 9.66. The summed E-state index contributed by atoms with van der Waals surface area (Å²) in [6, 6.07) is 6.79. The quantitative estimate of drug-likeness (QED) is 0.510. The Labute approximate surface area is 119 Å². The maximum absolute atomic E-state index is 10.6. The second-order valence-corrected chi connectivity index (χ2v) is 5.38. The van der Waals surface area contributed by atoms with Gasteiger partial charge in [-0.15, -0.1) is 0 Å². The van der Waals surface area contributed by atoms with E-state index in [4.69, 9.17) is 10.5 Å². The Kier molecular flexibility index (Phi) is 5.49. The van der Waals surface area contributed by atoms with Gasteiger partial charge in [-0.1, -0.05) is 31.4 Å². The van der Waals surface area contributed by atoms with Crippen LogP contribution in [0.5, 0.6) is 0 Å². The van der Waals surface area contributed by atoms with E-state index in [9.17, 15) is 10.1 Å². The van der Waals surface area contributed by atoms with E-state index in [1.165, 1.54) is 31.4 Å². The molecule has 0 amide bonds. The average Bonchev–Trinajstić information content (AvgIpc) is 2.65. The van der Waals surface area contributed by atoms with Gasteiger partial charge in [-0.3, -0.25) is 10.1 Å². The Morgan fingerprint density at radius 3 is 2.60 bits per heavy atom. The molecule has 1 aromatic rings. The lowest BCUT2D eigenvalue weighted by molar-refractivity contribution is -0.384. The van der Waals surface area contributed by atoms with Crippen molar-refractivity contribution in [2.45, 2.75) is 50.7 Å². The van der Waals surface area contributed by atoms with Crippen molar-refractivity contribution in [1.29, 1.82) is 0 Å². The SMILES string of the molecule is NC1CCCCCC1OCCc1ccc([N+](=O)[O-])cc1. The summed E-state index contributed by atoms with van der Waals surface area (Å²) in [5, 5.41) is 10.6. The molecule has 0 spiro atoms. The number of nitrogens with two attached hydrogens (primary N) is 1. The normalized spacial score (nSPS) is 23.2. The van der Waals surface area contributed by atoms with E-state index in [2.05, 4.69) is 0 Å². The molecule has 1 aromatic carbocycles. The molecule has 5 heteroatoms. The summed E-state index contributed by atoms with van der Waals surface area (Å²) < 4.78 is 5.90. The van der Waals surface area contributed by atoms with E-state index in [0.717, 1.165) is 24.8 Å². The van der Waals surface area contributed by atoms with Crippen LogP contribution in [0.2, 0.25) is 0 Å². The Morgan fingerprint density at radius 1 is 1.20 bits per heavy atom. The first kappa shape index (κ1) is 14.9. The molecule has 1 aliphatic carbocycles. The predicted molar refractivity (Wildman–Crippen MR) is 77.6 cm³/mol. The number of nitro benzene ring substituents is 1. The zero-order valence-corrected chi connectivity index (χ0v) is 11.7. The van der Waals surface area contributed by atoms with Crippen molar-refractivity contribution < 1.29 is 9.66 Å². The monoisotopic (exact) mass is 278 g/mol. The topological polar surface area (TPSA) is 78.4 Å². The van der Waals surface area contributed by atoms with Crippen LogP contribution in [0.25, 0.3) is 0 Å². The number of nitro groups is 1. The minimum atomic E-state index is -0.384. The highest BCUT2D eigenvalue weighted by atomic mass is 16.6. The smallest absolute Gasteiger partial charge is 0.269 e. The summed E-state index contributed by atoms with van der Waals surface area (Å²) >= 11 is 0. The number of rotatable bonds is 5. The lowest BCUT2D eigenvalue weighted by atomic mass is 10.1. The highest BCUT2D eigenvalue weighted by Gasteiger charge is 2.20. The summed E-state index contributed by atoms with van der Waals surface area (Å²) in [6.45, 7) is 0.621. The van der Waals surface area contributed by atoms with E-state index in [1.54, 1.807) is 12.1 Å². The maximum atomic E-state index is 10.6. The third-order valence-corrected chi connectivity index (χ3v) is 3.87. The molecule has 1 aliphatic rings. The summed E-state index contributed by atoms with van der Waals surface area (Å²) in [5.41, 5.74) is 7.29. The van der Waals surface area contributed by atoms with Gasteiger partial charge in [0.25, 0.3) is 5.69 Å². The minimum Gasteiger partial charge on any atom is -0.376 e. The van der Waals surface area contributed by atoms with Gasteiger partial charge in [0.1, 0.15) is 0 Å². The van der Waals surface area contributed by atoms with Crippen LogP contribution in [0.4, 0.5) is 5.69 Å². The van der Waals surface area contributed by atoms with E-state index in [0.29, 0.717) is 6.61 Å². The van der Waals surface area contributed by atoms with Crippen LogP contribution in [0.3, 0.4) is 0 Å². The molecule has 0 bridgehead atoms. The van der Waals surface area contributed by atoms with Gasteiger partial charge in [0, 0.05) is 18.2 Å². The Hall–Kier alpha value is -1.46. The minimum absolute atomic E-state index is 0.125. The van der Waals surface area contributed by atoms with Crippen LogP contribution in [0.15, 0.2) is 24.3 Å². The second kappa shape index (κ2) is 7.36. The van der Waals surface area contributed by atoms with Crippen molar-refractivity contribution in [3.05, 3.63) is 39.9 Å². The lowest BCUT2D eigenvalue weighted by Crippen LogP contribution is -2.36. The molecule has 110 valence electrons. The van der Waals surface area contributed by atoms with Crippen LogP contribution in [-0.4, -0.2) is 23.7 Å². The zero-order chi connectivity index (χ0) is 14.4. The summed E-state index contributed by atoms with van der Waals surface area (Å²) in [6.07, 6.45) is 6.65. The summed E-state index contributed by atoms with van der Waals surface area (Å²) in [4.78, 5) is 10.2. The van der Waals surface area contributed by atoms with Crippen molar-refractivity contribution in [2.75, 3.05) is 6.61 Å². The molecule has 2 rings (SSSR count). The van der Waals surface area contributed by atoms with E-state index >= 15 is 0 Å². The highest BCUT2D eigenvalue weighted by molar-refractivity contribution is 5.32. The molecule has 0 heterocycles. The van der Waals surface area contributed by atoms with E-state index in [1.807, 2.05) is 0 Å². The molecule has 2 unspecified atom stereocenters. The number of non-ortho nitro benzene ring substituents is 1. The summed E-state index contributed by atoms with van der Waals surface area (Å²) in [5.74, 6) is 0. The number of nitrogens with zero attached hydrogens (tertiary/aromatic N) is 1. The van der Waals surface area contributed by atoms with Gasteiger partial charge >= 0.3 is 0 Å². The van der Waals surface area contributed by atoms with Gasteiger partial charge in [0.15, 0.2) is 0 Å². The molecule has 2 atom stereocenters. The molecular formula is C15H22N2O3. The lowest BCUT2D eigenvalue weighted by Gasteiger charge is -2.21. The van der Waals surface area contributed by atoms with Gasteiger partial charge in [-0.05, 0) is 24.8 Å². The fourth-order valence-corrected chi connectivity index (χ4v) is 2.62. The Bertz CT molecular complexity index is 433. The fraction of sp³-hybridized carbons (Fsp3) is 0.600. The molecule has 20 heavy (non-hydrogen) atoms. The van der Waals surface area contributed by atoms with Gasteiger partial charge in [-0.25, -0.2) is 0 Å². The van der Waals surface area contributed by atoms with Crippen LogP contribution >= 0.6 is 0 Å². The van der Waals surface area contributed by atoms with Crippen LogP contribution in [-0.2, 0) is 11.2 Å². The van der Waals surface area contributed by atoms with Crippen molar-refractivity contribution in [1.82, 2.24) is 0 Å². The van der Waals surface area contributed by atoms with Crippen LogP contribution < -0.4 is 5.73 Å². The van der Waals surface area contributed by atoms with Gasteiger partial charge < -0.3 is 10.5 Å². The van der Waals surface area contributed by atoms with Gasteiger partial charge in [-0.2, -0.15) is 0 Å². The van der Waals surface area contributed by atoms with Gasteiger partial charge in [0.2, 0.25) is 0 Å². The molecular weight excluding hydrogens is 256 g/mol. The third kappa shape index (κ3) is 4.28. The van der Waals surface area contributed by atoms with Crippen molar-refractivity contribution in [3.8, 4) is 0 Å². The number of hydrogen-bond acceptors (Lipinski definition) is 4. The van der Waals surface area contributed by atoms with E-state index in [-0.39, 0.29) is 22.8 Å². The van der Waals surface area contributed by atoms with Gasteiger partial charge in [0.05, 0.1) is 17.6 Å². The van der Waals surface area contributed by atoms with Crippen LogP contribution in [0.1, 0.15) is 37.7 Å². The third-order valence-electron chi connectivity index (χ3n) is 3.87. The Balaban J connectivity index is 1.78. The highest BCUT2D eigenvalue weighted by Crippen LogP contribution is 2.19. The van der Waals surface area contributed by atoms with Crippen molar-refractivity contribution in [2.24, 2.45) is 5.73 Å². The largest absolute Gasteiger partial charge is 0.376 e. The number of hydrogen-bond donors (Lipinski definition) is 1. The molecule has 0 aromatic heterocycles. The zero-order valence-electron chi connectivity index (χ0n) is 11.7. The fourth-order valence-electron chi connectivity index (χ4n) is 2.62. The first-order valence-electron chi connectivity index (χ1n) is 7.27. The standard InChI is InChI=1S/C15H22N2O3/c16-14-4-2-1-3-5-15(14)20-11-10-12-6-8-13(9-7-12)17(18)19/h6-9,14-15H,1-5,10-11,16H2. The molecule has 1 saturated carbocycles. The Morgan fingerprint density at radius 2 is 1.90 bits per heavy atom. The number of ether oxygens (including phenoxy) is 1. The molecule has 0 aliphatic heterocycles. The first-order valence-corrected chi connectivity index (χ1v) is 7.27. The molecule has 2 N–H and O–H groups in total. The van der Waals surface area contributed by atoms with E-state index < -0.39 is 0 Å². The van der Waals surface area contributed by atoms with Crippen LogP contribution in [0, 0.1) is 10.1 Å². The molecule has 0 radical (unpaired) electrons. The van der Waals surface area contributed by atoms with Crippen molar-refractivity contribution >= 4 is 5.69 Å². The summed E-state index contributed by atoms with van der Waals surface area (Å²) in [7, 11) is 0. The average molecular weight is 278 g/mol. The number of benzene rings is 1. The molecule has 1 fully saturated rings. The van der Waals surface area contributed by atoms with Crippen molar-refractivity contribution in [3.63, 3.8) is 0 Å². The molecule has 0 saturated heterocycles. The maximum Gasteiger partial charge on any atom is 0.269 e. The molecule has 5 nitrogen and oxygen atoms in total. The second-order valence-electron chi connectivity index (χ2n) is 5.38.